The van der Waals surface area contributed by atoms with Crippen LogP contribution in [-0.2, 0) is 9.53 Å². The van der Waals surface area contributed by atoms with E-state index in [4.69, 9.17) is 15.6 Å². The van der Waals surface area contributed by atoms with Crippen molar-refractivity contribution < 1.29 is 19.4 Å². The fourth-order valence-electron chi connectivity index (χ4n) is 1.48. The van der Waals surface area contributed by atoms with Crippen molar-refractivity contribution >= 4 is 17.6 Å². The standard InChI is InChI=1S/C12H16N2O4/c1-8-6-9(2-3-10(8)12(13)17)14-4-5-18-7-11(15)16/h2-3,6,14H,4-5,7H2,1H3,(H2,13,17)(H,15,16). The fourth-order valence-corrected chi connectivity index (χ4v) is 1.48. The number of rotatable bonds is 7. The summed E-state index contributed by atoms with van der Waals surface area (Å²) in [5, 5.41) is 11.4. The largest absolute Gasteiger partial charge is 0.480 e. The van der Waals surface area contributed by atoms with Gasteiger partial charge in [-0.1, -0.05) is 0 Å². The van der Waals surface area contributed by atoms with E-state index in [1.54, 1.807) is 25.1 Å². The van der Waals surface area contributed by atoms with Crippen molar-refractivity contribution in [3.63, 3.8) is 0 Å². The molecule has 1 aromatic rings. The predicted octanol–water partition coefficient (Wildman–Crippen LogP) is 0.607. The summed E-state index contributed by atoms with van der Waals surface area (Å²) in [4.78, 5) is 21.2. The van der Waals surface area contributed by atoms with Crippen LogP contribution in [0.4, 0.5) is 5.69 Å². The number of anilines is 1. The van der Waals surface area contributed by atoms with Crippen LogP contribution >= 0.6 is 0 Å². The highest BCUT2D eigenvalue weighted by Gasteiger charge is 2.04. The first-order chi connectivity index (χ1) is 8.50. The molecule has 0 aliphatic heterocycles. The molecule has 0 aliphatic rings. The number of carboxylic acids is 1. The summed E-state index contributed by atoms with van der Waals surface area (Å²) in [5.41, 5.74) is 7.31. The second-order valence-electron chi connectivity index (χ2n) is 3.77. The second-order valence-corrected chi connectivity index (χ2v) is 3.77. The van der Waals surface area contributed by atoms with E-state index < -0.39 is 11.9 Å². The van der Waals surface area contributed by atoms with Crippen LogP contribution in [0.1, 0.15) is 15.9 Å². The van der Waals surface area contributed by atoms with Crippen molar-refractivity contribution in [2.45, 2.75) is 6.92 Å². The van der Waals surface area contributed by atoms with Crippen LogP contribution in [0.2, 0.25) is 0 Å². The molecule has 0 saturated heterocycles. The third-order valence-corrected chi connectivity index (χ3v) is 2.29. The van der Waals surface area contributed by atoms with E-state index in [9.17, 15) is 9.59 Å². The predicted molar refractivity (Wildman–Crippen MR) is 66.6 cm³/mol. The van der Waals surface area contributed by atoms with Gasteiger partial charge < -0.3 is 20.9 Å². The van der Waals surface area contributed by atoms with Crippen LogP contribution in [0.25, 0.3) is 0 Å². The number of hydrogen-bond donors (Lipinski definition) is 3. The first-order valence-corrected chi connectivity index (χ1v) is 5.44. The van der Waals surface area contributed by atoms with Gasteiger partial charge in [0.1, 0.15) is 6.61 Å². The van der Waals surface area contributed by atoms with Crippen molar-refractivity contribution in [3.05, 3.63) is 29.3 Å². The number of hydrogen-bond acceptors (Lipinski definition) is 4. The minimum Gasteiger partial charge on any atom is -0.480 e. The van der Waals surface area contributed by atoms with Gasteiger partial charge >= 0.3 is 5.97 Å². The molecule has 0 spiro atoms. The van der Waals surface area contributed by atoms with E-state index in [1.165, 1.54) is 0 Å². The van der Waals surface area contributed by atoms with Gasteiger partial charge in [-0.2, -0.15) is 0 Å². The normalized spacial score (nSPS) is 10.1. The van der Waals surface area contributed by atoms with Gasteiger partial charge in [0.2, 0.25) is 5.91 Å². The van der Waals surface area contributed by atoms with Crippen LogP contribution in [-0.4, -0.2) is 36.7 Å². The smallest absolute Gasteiger partial charge is 0.329 e. The maximum Gasteiger partial charge on any atom is 0.329 e. The third-order valence-electron chi connectivity index (χ3n) is 2.29. The van der Waals surface area contributed by atoms with E-state index in [0.717, 1.165) is 11.3 Å². The Labute approximate surface area is 105 Å². The minimum absolute atomic E-state index is 0.295. The Morgan fingerprint density at radius 3 is 2.72 bits per heavy atom. The number of carbonyl (C=O) groups is 2. The van der Waals surface area contributed by atoms with Crippen molar-refractivity contribution in [3.8, 4) is 0 Å². The summed E-state index contributed by atoms with van der Waals surface area (Å²) in [6.45, 7) is 2.28. The van der Waals surface area contributed by atoms with Gasteiger partial charge in [0.05, 0.1) is 6.61 Å². The average molecular weight is 252 g/mol. The Morgan fingerprint density at radius 1 is 1.44 bits per heavy atom. The first kappa shape index (κ1) is 14.0. The lowest BCUT2D eigenvalue weighted by atomic mass is 10.1. The average Bonchev–Trinajstić information content (AvgIpc) is 2.27. The first-order valence-electron chi connectivity index (χ1n) is 5.44. The van der Waals surface area contributed by atoms with Gasteiger partial charge in [-0.05, 0) is 30.7 Å². The molecule has 18 heavy (non-hydrogen) atoms. The van der Waals surface area contributed by atoms with Crippen LogP contribution in [0.15, 0.2) is 18.2 Å². The molecule has 98 valence electrons. The van der Waals surface area contributed by atoms with E-state index in [2.05, 4.69) is 5.32 Å². The van der Waals surface area contributed by atoms with Crippen molar-refractivity contribution in [1.82, 2.24) is 0 Å². The molecule has 0 heterocycles. The molecule has 0 bridgehead atoms. The van der Waals surface area contributed by atoms with Crippen LogP contribution in [0, 0.1) is 6.92 Å². The molecular weight excluding hydrogens is 236 g/mol. The van der Waals surface area contributed by atoms with Gasteiger partial charge in [-0.25, -0.2) is 4.79 Å². The molecule has 1 rings (SSSR count). The van der Waals surface area contributed by atoms with Gasteiger partial charge in [-0.15, -0.1) is 0 Å². The van der Waals surface area contributed by atoms with E-state index in [1.807, 2.05) is 0 Å². The Morgan fingerprint density at radius 2 is 2.17 bits per heavy atom. The fraction of sp³-hybridized carbons (Fsp3) is 0.333. The molecular formula is C12H16N2O4. The number of aliphatic carboxylic acids is 1. The molecule has 6 nitrogen and oxygen atoms in total. The van der Waals surface area contributed by atoms with Crippen LogP contribution < -0.4 is 11.1 Å². The topological polar surface area (TPSA) is 102 Å². The quantitative estimate of drug-likeness (QED) is 0.617. The molecule has 4 N–H and O–H groups in total. The highest BCUT2D eigenvalue weighted by Crippen LogP contribution is 2.14. The summed E-state index contributed by atoms with van der Waals surface area (Å²) in [5.74, 6) is -1.44. The SMILES string of the molecule is Cc1cc(NCCOCC(=O)O)ccc1C(N)=O. The monoisotopic (exact) mass is 252 g/mol. The lowest BCUT2D eigenvalue weighted by molar-refractivity contribution is -0.142. The lowest BCUT2D eigenvalue weighted by Gasteiger charge is -2.09. The summed E-state index contributed by atoms with van der Waals surface area (Å²) in [6, 6.07) is 5.19. The molecule has 6 heteroatoms. The van der Waals surface area contributed by atoms with Gasteiger partial charge in [0, 0.05) is 17.8 Å². The van der Waals surface area contributed by atoms with Gasteiger partial charge in [-0.3, -0.25) is 4.79 Å². The number of primary amides is 1. The number of aryl methyl sites for hydroxylation is 1. The van der Waals surface area contributed by atoms with Gasteiger partial charge in [0.15, 0.2) is 0 Å². The summed E-state index contributed by atoms with van der Waals surface area (Å²) in [7, 11) is 0. The summed E-state index contributed by atoms with van der Waals surface area (Å²) < 4.78 is 4.87. The molecule has 0 atom stereocenters. The van der Waals surface area contributed by atoms with Crippen molar-refractivity contribution in [2.24, 2.45) is 5.73 Å². The number of nitrogens with two attached hydrogens (primary N) is 1. The lowest BCUT2D eigenvalue weighted by Crippen LogP contribution is -2.15. The second kappa shape index (κ2) is 6.61. The molecule has 0 fully saturated rings. The molecule has 0 saturated carbocycles. The van der Waals surface area contributed by atoms with E-state index in [0.29, 0.717) is 18.7 Å². The van der Waals surface area contributed by atoms with Crippen LogP contribution in [0.3, 0.4) is 0 Å². The molecule has 0 aliphatic carbocycles. The maximum atomic E-state index is 11.0. The summed E-state index contributed by atoms with van der Waals surface area (Å²) >= 11 is 0. The molecule has 0 unspecified atom stereocenters. The Balaban J connectivity index is 2.42. The zero-order chi connectivity index (χ0) is 13.5. The number of benzene rings is 1. The Hall–Kier alpha value is -2.08. The zero-order valence-corrected chi connectivity index (χ0v) is 10.1. The minimum atomic E-state index is -0.989. The van der Waals surface area contributed by atoms with Gasteiger partial charge in [0.25, 0.3) is 0 Å². The number of ether oxygens (including phenoxy) is 1. The highest BCUT2D eigenvalue weighted by atomic mass is 16.5. The Kier molecular flexibility index (Phi) is 5.13. The number of carboxylic acid groups (broad SMARTS) is 1. The maximum absolute atomic E-state index is 11.0. The molecule has 1 amide bonds. The Bertz CT molecular complexity index is 446. The van der Waals surface area contributed by atoms with Crippen molar-refractivity contribution in [1.29, 1.82) is 0 Å². The molecule has 0 radical (unpaired) electrons. The van der Waals surface area contributed by atoms with E-state index >= 15 is 0 Å². The van der Waals surface area contributed by atoms with E-state index in [-0.39, 0.29) is 6.61 Å². The van der Waals surface area contributed by atoms with Crippen LogP contribution in [0.5, 0.6) is 0 Å². The number of amides is 1. The third kappa shape index (κ3) is 4.42. The molecule has 0 aromatic heterocycles. The number of nitrogens with one attached hydrogen (secondary N) is 1. The highest BCUT2D eigenvalue weighted by molar-refractivity contribution is 5.94. The summed E-state index contributed by atoms with van der Waals surface area (Å²) in [6.07, 6.45) is 0. The molecule has 1 aromatic carbocycles. The number of carbonyl (C=O) groups excluding carboxylic acids is 1. The van der Waals surface area contributed by atoms with Crippen molar-refractivity contribution in [2.75, 3.05) is 25.1 Å². The zero-order valence-electron chi connectivity index (χ0n) is 10.1.